The minimum atomic E-state index is -4.06. The van der Waals surface area contributed by atoms with Crippen molar-refractivity contribution >= 4 is 85.1 Å². The van der Waals surface area contributed by atoms with E-state index in [1.54, 1.807) is 12.1 Å². The number of rotatable bonds is 3. The molecule has 4 aliphatic heterocycles. The van der Waals surface area contributed by atoms with E-state index in [0.717, 1.165) is 105 Å². The van der Waals surface area contributed by atoms with Gasteiger partial charge in [-0.3, -0.25) is 0 Å². The lowest BCUT2D eigenvalue weighted by Crippen LogP contribution is -2.39. The van der Waals surface area contributed by atoms with Crippen LogP contribution in [0.3, 0.4) is 0 Å². The van der Waals surface area contributed by atoms with E-state index < -0.39 is 30.5 Å². The summed E-state index contributed by atoms with van der Waals surface area (Å²) in [6.45, 7) is 0. The van der Waals surface area contributed by atoms with Gasteiger partial charge in [0.2, 0.25) is 19.7 Å². The zero-order chi connectivity index (χ0) is 60.3. The molecule has 11 heteroatoms. The summed E-state index contributed by atoms with van der Waals surface area (Å²) in [4.78, 5) is 1.07. The molecular formula is C80H47N3O6S2. The third-order valence-electron chi connectivity index (χ3n) is 20.0. The molecule has 7 heterocycles. The van der Waals surface area contributed by atoms with E-state index in [1.807, 2.05) is 152 Å². The summed E-state index contributed by atoms with van der Waals surface area (Å²) in [7, 11) is -8.13. The molecule has 0 atom stereocenters. The largest absolute Gasteiger partial charge is 0.457 e. The van der Waals surface area contributed by atoms with Crippen LogP contribution in [-0.2, 0) is 30.5 Å². The Labute approximate surface area is 521 Å². The van der Waals surface area contributed by atoms with Crippen molar-refractivity contribution in [3.05, 3.63) is 330 Å². The molecule has 9 nitrogen and oxygen atoms in total. The van der Waals surface area contributed by atoms with Crippen LogP contribution in [0.25, 0.3) is 82.5 Å². The molecule has 0 fully saturated rings. The molecule has 91 heavy (non-hydrogen) atoms. The molecular weight excluding hydrogens is 1160 g/mol. The van der Waals surface area contributed by atoms with Crippen molar-refractivity contribution in [3.63, 3.8) is 0 Å². The minimum Gasteiger partial charge on any atom is -0.457 e. The molecule has 0 bridgehead atoms. The number of para-hydroxylation sites is 7. The van der Waals surface area contributed by atoms with Crippen molar-refractivity contribution in [3.8, 4) is 40.1 Å². The van der Waals surface area contributed by atoms with Gasteiger partial charge in [-0.1, -0.05) is 164 Å². The van der Waals surface area contributed by atoms with Gasteiger partial charge in [0.25, 0.3) is 0 Å². The Hall–Kier alpha value is -11.2. The summed E-state index contributed by atoms with van der Waals surface area (Å²) < 4.78 is 82.3. The Kier molecular flexibility index (Phi) is 9.90. The van der Waals surface area contributed by atoms with Gasteiger partial charge in [0.05, 0.1) is 63.5 Å². The van der Waals surface area contributed by atoms with E-state index in [0.29, 0.717) is 45.3 Å². The van der Waals surface area contributed by atoms with Gasteiger partial charge in [0.1, 0.15) is 23.0 Å². The fraction of sp³-hybridized carbons (Fsp3) is 0.0250. The van der Waals surface area contributed by atoms with Gasteiger partial charge in [-0.2, -0.15) is 0 Å². The number of sulfone groups is 2. The second-order valence-corrected chi connectivity index (χ2v) is 27.9. The third kappa shape index (κ3) is 6.24. The van der Waals surface area contributed by atoms with E-state index in [1.165, 1.54) is 0 Å². The second kappa shape index (κ2) is 17.8. The summed E-state index contributed by atoms with van der Waals surface area (Å²) in [5.41, 5.74) is 12.3. The smallest absolute Gasteiger partial charge is 0.207 e. The second-order valence-electron chi connectivity index (χ2n) is 24.1. The monoisotopic (exact) mass is 1210 g/mol. The highest BCUT2D eigenvalue weighted by atomic mass is 32.2. The summed E-state index contributed by atoms with van der Waals surface area (Å²) in [6, 6.07) is 95.3. The van der Waals surface area contributed by atoms with E-state index >= 15 is 16.8 Å². The maximum Gasteiger partial charge on any atom is 0.207 e. The Bertz CT molecular complexity index is 5770. The van der Waals surface area contributed by atoms with Crippen LogP contribution >= 0.6 is 0 Å². The van der Waals surface area contributed by atoms with E-state index in [9.17, 15) is 0 Å². The molecule has 13 aromatic carbocycles. The molecule has 3 aromatic heterocycles. The van der Waals surface area contributed by atoms with Gasteiger partial charge >= 0.3 is 0 Å². The maximum atomic E-state index is 15.5. The van der Waals surface area contributed by atoms with Crippen LogP contribution in [0, 0.1) is 0 Å². The van der Waals surface area contributed by atoms with E-state index in [4.69, 9.17) is 9.47 Å². The van der Waals surface area contributed by atoms with Gasteiger partial charge in [-0.15, -0.1) is 0 Å². The van der Waals surface area contributed by atoms with Gasteiger partial charge in [0.15, 0.2) is 0 Å². The lowest BCUT2D eigenvalue weighted by atomic mass is 9.62. The van der Waals surface area contributed by atoms with Crippen molar-refractivity contribution in [2.24, 2.45) is 0 Å². The minimum absolute atomic E-state index is 0.261. The zero-order valence-corrected chi connectivity index (χ0v) is 49.9. The normalized spacial score (nSPS) is 15.5. The summed E-state index contributed by atoms with van der Waals surface area (Å²) in [5.74, 6) is 2.67. The highest BCUT2D eigenvalue weighted by Gasteiger charge is 2.56. The fourth-order valence-corrected chi connectivity index (χ4v) is 20.2. The van der Waals surface area contributed by atoms with Crippen LogP contribution in [-0.4, -0.2) is 30.5 Å². The highest BCUT2D eigenvalue weighted by molar-refractivity contribution is 7.92. The molecule has 0 radical (unpaired) electrons. The number of fused-ring (bicyclic) bond motifs is 27. The standard InChI is InChI=1S/C80H47N3O6S2/c84-90(85)71-36-18-10-28-59(71)79(55-24-6-14-32-67(55)88-68-33-15-7-25-56(68)79)77-73(90)44-42-65-75(77)51-22-4-12-30-61(51)82(65)49-38-40-63-53(46-49)54-47-50(39-41-64(54)81(63)48-20-2-1-3-21-48)83-62-31-13-5-23-52(62)76-66(83)43-45-74-78(76)80(60-29-11-19-37-72(60)91(74,86)87)57-26-8-16-34-69(57)89-70-35-17-9-27-58(70)80/h1-47H. The molecule has 16 aromatic rings. The van der Waals surface area contributed by atoms with Crippen LogP contribution in [0.2, 0.25) is 0 Å². The number of hydrogen-bond acceptors (Lipinski definition) is 6. The number of nitrogens with zero attached hydrogens (tertiary/aromatic N) is 3. The first kappa shape index (κ1) is 50.7. The van der Waals surface area contributed by atoms with Gasteiger partial charge in [-0.25, -0.2) is 16.8 Å². The van der Waals surface area contributed by atoms with Crippen molar-refractivity contribution in [2.75, 3.05) is 0 Å². The quantitative estimate of drug-likeness (QED) is 0.175. The van der Waals surface area contributed by atoms with Crippen LogP contribution < -0.4 is 9.47 Å². The Morgan fingerprint density at radius 1 is 0.253 bits per heavy atom. The molecule has 2 spiro atoms. The maximum absolute atomic E-state index is 15.5. The number of hydrogen-bond donors (Lipinski definition) is 0. The lowest BCUT2D eigenvalue weighted by molar-refractivity contribution is 0.430. The predicted molar refractivity (Wildman–Crippen MR) is 357 cm³/mol. The van der Waals surface area contributed by atoms with Crippen LogP contribution in [0.15, 0.2) is 305 Å². The number of aromatic nitrogens is 3. The topological polar surface area (TPSA) is 102 Å². The molecule has 0 unspecified atom stereocenters. The Balaban J connectivity index is 0.870. The average Bonchev–Trinajstić information content (AvgIpc) is 1.59. The SMILES string of the molecule is O=S1(=O)c2ccccc2C2(c3ccccc3Oc3ccccc32)c2c1ccc1c2c2ccccc2n1-c1ccc2c(c1)c1cc(-n3c4ccccc4c4c5c(ccc43)S(=O)(=O)c3ccccc3C53c4ccccc4Oc4ccccc43)ccc1n2-c1ccccc1. The first-order valence-corrected chi connectivity index (χ1v) is 33.4. The van der Waals surface area contributed by atoms with Crippen molar-refractivity contribution in [2.45, 2.75) is 30.4 Å². The van der Waals surface area contributed by atoms with E-state index in [-0.39, 0.29) is 19.6 Å². The van der Waals surface area contributed by atoms with Crippen molar-refractivity contribution < 1.29 is 26.3 Å². The molecule has 0 saturated carbocycles. The Morgan fingerprint density at radius 2 is 0.571 bits per heavy atom. The lowest BCUT2D eigenvalue weighted by Gasteiger charge is -2.45. The molecule has 20 rings (SSSR count). The van der Waals surface area contributed by atoms with Gasteiger partial charge < -0.3 is 23.2 Å². The van der Waals surface area contributed by atoms with Gasteiger partial charge in [-0.05, 0) is 132 Å². The van der Waals surface area contributed by atoms with Crippen molar-refractivity contribution in [1.82, 2.24) is 13.7 Å². The first-order valence-electron chi connectivity index (χ1n) is 30.4. The van der Waals surface area contributed by atoms with Crippen molar-refractivity contribution in [1.29, 1.82) is 0 Å². The van der Waals surface area contributed by atoms with Crippen LogP contribution in [0.4, 0.5) is 0 Å². The van der Waals surface area contributed by atoms with E-state index in [2.05, 4.69) is 135 Å². The highest BCUT2D eigenvalue weighted by Crippen LogP contribution is 2.64. The molecule has 0 aliphatic carbocycles. The molecule has 4 aliphatic rings. The molecule has 0 saturated heterocycles. The third-order valence-corrected chi connectivity index (χ3v) is 23.7. The fourth-order valence-electron chi connectivity index (χ4n) is 16.6. The van der Waals surface area contributed by atoms with Crippen LogP contribution in [0.1, 0.15) is 44.5 Å². The zero-order valence-electron chi connectivity index (χ0n) is 48.2. The molecule has 430 valence electrons. The molecule has 0 amide bonds. The summed E-state index contributed by atoms with van der Waals surface area (Å²) in [6.07, 6.45) is 0. The number of ether oxygens (including phenoxy) is 2. The first-order chi connectivity index (χ1) is 44.7. The Morgan fingerprint density at radius 3 is 0.989 bits per heavy atom. The molecule has 0 N–H and O–H groups in total. The predicted octanol–water partition coefficient (Wildman–Crippen LogP) is 18.2. The summed E-state index contributed by atoms with van der Waals surface area (Å²) in [5, 5.41) is 5.50. The average molecular weight is 1210 g/mol. The number of benzene rings is 13. The summed E-state index contributed by atoms with van der Waals surface area (Å²) >= 11 is 0. The van der Waals surface area contributed by atoms with Crippen LogP contribution in [0.5, 0.6) is 23.0 Å². The van der Waals surface area contributed by atoms with Gasteiger partial charge in [0, 0.05) is 82.8 Å².